The minimum absolute atomic E-state index is 0.0621. The van der Waals surface area contributed by atoms with Crippen LogP contribution in [0.25, 0.3) is 0 Å². The molecule has 106 valence electrons. The topological polar surface area (TPSA) is 49.3 Å². The standard InChI is InChI=1S/C16H19NO2S/c1-11-3-4-12(2)14(7-11)8-16(19)17-9-15(18)13-5-6-20-10-13/h3-7,10,15,18H,8-9H2,1-2H3,(H,17,19). The van der Waals surface area contributed by atoms with E-state index in [-0.39, 0.29) is 12.5 Å². The van der Waals surface area contributed by atoms with Gasteiger partial charge in [-0.05, 0) is 47.4 Å². The molecule has 4 heteroatoms. The number of carbonyl (C=O) groups excluding carboxylic acids is 1. The molecule has 0 aliphatic rings. The molecule has 2 aromatic rings. The van der Waals surface area contributed by atoms with Crippen LogP contribution < -0.4 is 5.32 Å². The second kappa shape index (κ2) is 6.68. The molecule has 0 saturated carbocycles. The molecule has 1 heterocycles. The SMILES string of the molecule is Cc1ccc(C)c(CC(=O)NCC(O)c2ccsc2)c1. The van der Waals surface area contributed by atoms with Crippen LogP contribution in [-0.2, 0) is 11.2 Å². The monoisotopic (exact) mass is 289 g/mol. The summed E-state index contributed by atoms with van der Waals surface area (Å²) in [6, 6.07) is 7.96. The highest BCUT2D eigenvalue weighted by atomic mass is 32.1. The summed E-state index contributed by atoms with van der Waals surface area (Å²) in [7, 11) is 0. The fraction of sp³-hybridized carbons (Fsp3) is 0.312. The molecule has 0 spiro atoms. The van der Waals surface area contributed by atoms with Crippen molar-refractivity contribution in [2.75, 3.05) is 6.54 Å². The lowest BCUT2D eigenvalue weighted by atomic mass is 10.0. The molecular weight excluding hydrogens is 270 g/mol. The van der Waals surface area contributed by atoms with E-state index in [2.05, 4.69) is 5.32 Å². The highest BCUT2D eigenvalue weighted by Crippen LogP contribution is 2.15. The second-order valence-corrected chi connectivity index (χ2v) is 5.76. The van der Waals surface area contributed by atoms with E-state index in [9.17, 15) is 9.90 Å². The van der Waals surface area contributed by atoms with Gasteiger partial charge in [-0.2, -0.15) is 11.3 Å². The normalized spacial score (nSPS) is 12.2. The van der Waals surface area contributed by atoms with Crippen LogP contribution in [0.2, 0.25) is 0 Å². The molecule has 1 amide bonds. The van der Waals surface area contributed by atoms with Crippen molar-refractivity contribution in [3.05, 3.63) is 57.3 Å². The highest BCUT2D eigenvalue weighted by molar-refractivity contribution is 7.07. The zero-order valence-electron chi connectivity index (χ0n) is 11.7. The average Bonchev–Trinajstić information content (AvgIpc) is 2.94. The zero-order valence-corrected chi connectivity index (χ0v) is 12.5. The third-order valence-corrected chi connectivity index (χ3v) is 3.98. The van der Waals surface area contributed by atoms with Gasteiger partial charge in [0.2, 0.25) is 5.91 Å². The number of aliphatic hydroxyl groups excluding tert-OH is 1. The minimum atomic E-state index is -0.635. The molecule has 2 rings (SSSR count). The Hall–Kier alpha value is -1.65. The van der Waals surface area contributed by atoms with Crippen molar-refractivity contribution >= 4 is 17.2 Å². The number of hydrogen-bond acceptors (Lipinski definition) is 3. The van der Waals surface area contributed by atoms with Gasteiger partial charge in [0.25, 0.3) is 0 Å². The second-order valence-electron chi connectivity index (χ2n) is 4.98. The first-order valence-electron chi connectivity index (χ1n) is 6.59. The summed E-state index contributed by atoms with van der Waals surface area (Å²) < 4.78 is 0. The summed E-state index contributed by atoms with van der Waals surface area (Å²) in [5.41, 5.74) is 4.15. The number of aryl methyl sites for hydroxylation is 2. The van der Waals surface area contributed by atoms with Crippen LogP contribution in [0.3, 0.4) is 0 Å². The molecule has 1 atom stereocenters. The maximum atomic E-state index is 11.9. The van der Waals surface area contributed by atoms with E-state index >= 15 is 0 Å². The lowest BCUT2D eigenvalue weighted by molar-refractivity contribution is -0.120. The lowest BCUT2D eigenvalue weighted by Gasteiger charge is -2.11. The molecular formula is C16H19NO2S. The number of amides is 1. The quantitative estimate of drug-likeness (QED) is 0.889. The van der Waals surface area contributed by atoms with Crippen LogP contribution in [0, 0.1) is 13.8 Å². The highest BCUT2D eigenvalue weighted by Gasteiger charge is 2.11. The van der Waals surface area contributed by atoms with Crippen LogP contribution in [0.15, 0.2) is 35.0 Å². The summed E-state index contributed by atoms with van der Waals surface area (Å²) in [4.78, 5) is 11.9. The van der Waals surface area contributed by atoms with Gasteiger partial charge in [0.05, 0.1) is 12.5 Å². The number of benzene rings is 1. The van der Waals surface area contributed by atoms with E-state index in [0.717, 1.165) is 22.3 Å². The van der Waals surface area contributed by atoms with Gasteiger partial charge in [0, 0.05) is 6.54 Å². The summed E-state index contributed by atoms with van der Waals surface area (Å²) in [6.07, 6.45) is -0.284. The third kappa shape index (κ3) is 3.92. The predicted octanol–water partition coefficient (Wildman–Crippen LogP) is 2.76. The van der Waals surface area contributed by atoms with Gasteiger partial charge in [-0.25, -0.2) is 0 Å². The van der Waals surface area contributed by atoms with Crippen molar-refractivity contribution in [3.8, 4) is 0 Å². The van der Waals surface area contributed by atoms with Gasteiger partial charge >= 0.3 is 0 Å². The molecule has 0 aliphatic heterocycles. The first kappa shape index (κ1) is 14.8. The van der Waals surface area contributed by atoms with Gasteiger partial charge in [-0.1, -0.05) is 23.8 Å². The van der Waals surface area contributed by atoms with Crippen molar-refractivity contribution in [1.82, 2.24) is 5.32 Å². The van der Waals surface area contributed by atoms with Crippen molar-refractivity contribution in [2.45, 2.75) is 26.4 Å². The Kier molecular flexibility index (Phi) is 4.93. The van der Waals surface area contributed by atoms with Crippen LogP contribution >= 0.6 is 11.3 Å². The Balaban J connectivity index is 1.88. The number of rotatable bonds is 5. The van der Waals surface area contributed by atoms with E-state index < -0.39 is 6.10 Å². The number of carbonyl (C=O) groups is 1. The van der Waals surface area contributed by atoms with Crippen molar-refractivity contribution in [1.29, 1.82) is 0 Å². The van der Waals surface area contributed by atoms with Crippen molar-refractivity contribution in [3.63, 3.8) is 0 Å². The van der Waals surface area contributed by atoms with Crippen LogP contribution in [-0.4, -0.2) is 17.6 Å². The van der Waals surface area contributed by atoms with Gasteiger partial charge < -0.3 is 10.4 Å². The molecule has 0 fully saturated rings. The lowest BCUT2D eigenvalue weighted by Crippen LogP contribution is -2.29. The van der Waals surface area contributed by atoms with Gasteiger partial charge in [0.1, 0.15) is 0 Å². The molecule has 1 aromatic carbocycles. The van der Waals surface area contributed by atoms with Crippen LogP contribution in [0.5, 0.6) is 0 Å². The first-order valence-corrected chi connectivity index (χ1v) is 7.53. The molecule has 3 nitrogen and oxygen atoms in total. The van der Waals surface area contributed by atoms with Gasteiger partial charge in [0.15, 0.2) is 0 Å². The number of thiophene rings is 1. The molecule has 1 unspecified atom stereocenters. The molecule has 0 radical (unpaired) electrons. The summed E-state index contributed by atoms with van der Waals surface area (Å²) in [5, 5.41) is 16.5. The molecule has 1 aromatic heterocycles. The number of hydrogen-bond donors (Lipinski definition) is 2. The van der Waals surface area contributed by atoms with E-state index in [0.29, 0.717) is 6.42 Å². The fourth-order valence-corrected chi connectivity index (χ4v) is 2.73. The first-order chi connectivity index (χ1) is 9.56. The molecule has 20 heavy (non-hydrogen) atoms. The summed E-state index contributed by atoms with van der Waals surface area (Å²) in [6.45, 7) is 4.27. The Morgan fingerprint density at radius 3 is 2.85 bits per heavy atom. The van der Waals surface area contributed by atoms with Crippen molar-refractivity contribution < 1.29 is 9.90 Å². The van der Waals surface area contributed by atoms with Crippen LogP contribution in [0.1, 0.15) is 28.4 Å². The fourth-order valence-electron chi connectivity index (χ4n) is 2.02. The van der Waals surface area contributed by atoms with Gasteiger partial charge in [-0.15, -0.1) is 0 Å². The predicted molar refractivity (Wildman–Crippen MR) is 81.9 cm³/mol. The molecule has 2 N–H and O–H groups in total. The molecule has 0 aliphatic carbocycles. The number of aliphatic hydroxyl groups is 1. The zero-order chi connectivity index (χ0) is 14.5. The van der Waals surface area contributed by atoms with E-state index in [1.807, 2.05) is 48.9 Å². The minimum Gasteiger partial charge on any atom is -0.387 e. The summed E-state index contributed by atoms with van der Waals surface area (Å²) in [5.74, 6) is -0.0621. The van der Waals surface area contributed by atoms with E-state index in [1.54, 1.807) is 0 Å². The summed E-state index contributed by atoms with van der Waals surface area (Å²) >= 11 is 1.54. The maximum Gasteiger partial charge on any atom is 0.224 e. The largest absolute Gasteiger partial charge is 0.387 e. The average molecular weight is 289 g/mol. The van der Waals surface area contributed by atoms with E-state index in [4.69, 9.17) is 0 Å². The molecule has 0 saturated heterocycles. The van der Waals surface area contributed by atoms with Gasteiger partial charge in [-0.3, -0.25) is 4.79 Å². The Labute approximate surface area is 123 Å². The Morgan fingerprint density at radius 1 is 1.35 bits per heavy atom. The Bertz CT molecular complexity index is 578. The third-order valence-electron chi connectivity index (χ3n) is 3.28. The molecule has 0 bridgehead atoms. The smallest absolute Gasteiger partial charge is 0.224 e. The Morgan fingerprint density at radius 2 is 2.15 bits per heavy atom. The van der Waals surface area contributed by atoms with Crippen molar-refractivity contribution in [2.24, 2.45) is 0 Å². The van der Waals surface area contributed by atoms with E-state index in [1.165, 1.54) is 11.3 Å². The van der Waals surface area contributed by atoms with Crippen LogP contribution in [0.4, 0.5) is 0 Å². The maximum absolute atomic E-state index is 11.9. The number of nitrogens with one attached hydrogen (secondary N) is 1.